The zero-order valence-electron chi connectivity index (χ0n) is 17.0. The van der Waals surface area contributed by atoms with Crippen molar-refractivity contribution in [1.82, 2.24) is 4.98 Å². The van der Waals surface area contributed by atoms with Gasteiger partial charge in [0, 0.05) is 11.8 Å². The lowest BCUT2D eigenvalue weighted by atomic mass is 9.96. The van der Waals surface area contributed by atoms with Gasteiger partial charge in [0.1, 0.15) is 12.4 Å². The summed E-state index contributed by atoms with van der Waals surface area (Å²) in [6, 6.07) is 15.7. The number of allylic oxidation sites excluding steroid dienone is 2. The smallest absolute Gasteiger partial charge is 0.416 e. The van der Waals surface area contributed by atoms with Gasteiger partial charge in [0.15, 0.2) is 0 Å². The topological polar surface area (TPSA) is 59.4 Å². The Balaban J connectivity index is 1.79. The minimum absolute atomic E-state index is 0.0818. The van der Waals surface area contributed by atoms with Crippen LogP contribution in [0.25, 0.3) is 11.1 Å². The van der Waals surface area contributed by atoms with Crippen molar-refractivity contribution in [2.45, 2.75) is 32.0 Å². The Hall–Kier alpha value is -3.61. The van der Waals surface area contributed by atoms with Crippen molar-refractivity contribution in [1.29, 1.82) is 0 Å². The standard InChI is InChI=1S/C25H20F3NO3/c26-25(27,28)18-9-10-23(32-15-16-5-2-1-3-6-16)21(14-18)19-7-4-8-20(19)22-13-17(24(30)31)11-12-29-22/h1-3,5-6,9-14H,4,7-8,15H2,(H,30,31). The molecule has 1 aliphatic rings. The number of pyridine rings is 1. The van der Waals surface area contributed by atoms with Crippen LogP contribution >= 0.6 is 0 Å². The highest BCUT2D eigenvalue weighted by molar-refractivity contribution is 5.95. The zero-order valence-corrected chi connectivity index (χ0v) is 17.0. The van der Waals surface area contributed by atoms with Crippen molar-refractivity contribution in [3.8, 4) is 5.75 Å². The number of rotatable bonds is 6. The molecule has 1 heterocycles. The van der Waals surface area contributed by atoms with Crippen LogP contribution in [0.1, 0.15) is 52.0 Å². The lowest BCUT2D eigenvalue weighted by Crippen LogP contribution is -2.07. The summed E-state index contributed by atoms with van der Waals surface area (Å²) in [4.78, 5) is 15.6. The first kappa shape index (κ1) is 21.6. The molecule has 0 radical (unpaired) electrons. The number of nitrogens with zero attached hydrogens (tertiary/aromatic N) is 1. The lowest BCUT2D eigenvalue weighted by molar-refractivity contribution is -0.137. The van der Waals surface area contributed by atoms with Crippen molar-refractivity contribution in [2.24, 2.45) is 0 Å². The molecule has 32 heavy (non-hydrogen) atoms. The van der Waals surface area contributed by atoms with Crippen molar-refractivity contribution >= 4 is 17.1 Å². The minimum Gasteiger partial charge on any atom is -0.488 e. The van der Waals surface area contributed by atoms with E-state index < -0.39 is 17.7 Å². The molecule has 164 valence electrons. The zero-order chi connectivity index (χ0) is 22.7. The van der Waals surface area contributed by atoms with E-state index in [1.165, 1.54) is 24.4 Å². The van der Waals surface area contributed by atoms with Gasteiger partial charge < -0.3 is 9.84 Å². The van der Waals surface area contributed by atoms with Gasteiger partial charge in [0.2, 0.25) is 0 Å². The van der Waals surface area contributed by atoms with Crippen LogP contribution in [0.5, 0.6) is 5.75 Å². The number of carboxylic acid groups (broad SMARTS) is 1. The van der Waals surface area contributed by atoms with E-state index in [2.05, 4.69) is 4.98 Å². The summed E-state index contributed by atoms with van der Waals surface area (Å²) in [6.07, 6.45) is -1.21. The lowest BCUT2D eigenvalue weighted by Gasteiger charge is -2.17. The molecule has 0 saturated heterocycles. The molecule has 0 amide bonds. The van der Waals surface area contributed by atoms with Crippen LogP contribution < -0.4 is 4.74 Å². The number of benzene rings is 2. The van der Waals surface area contributed by atoms with E-state index in [0.717, 1.165) is 29.7 Å². The van der Waals surface area contributed by atoms with Gasteiger partial charge in [0.25, 0.3) is 0 Å². The number of aromatic carboxylic acids is 1. The molecule has 0 atom stereocenters. The molecule has 4 rings (SSSR count). The SMILES string of the molecule is O=C(O)c1ccnc(C2=C(c3cc(C(F)(F)F)ccc3OCc3ccccc3)CCC2)c1. The largest absolute Gasteiger partial charge is 0.488 e. The van der Waals surface area contributed by atoms with Crippen molar-refractivity contribution < 1.29 is 27.8 Å². The predicted octanol–water partition coefficient (Wildman–Crippen LogP) is 6.47. The van der Waals surface area contributed by atoms with Crippen LogP contribution in [0.2, 0.25) is 0 Å². The first-order valence-electron chi connectivity index (χ1n) is 10.1. The summed E-state index contributed by atoms with van der Waals surface area (Å²) in [6.45, 7) is 0.217. The van der Waals surface area contributed by atoms with E-state index >= 15 is 0 Å². The molecule has 0 aliphatic heterocycles. The summed E-state index contributed by atoms with van der Waals surface area (Å²) in [7, 11) is 0. The predicted molar refractivity (Wildman–Crippen MR) is 114 cm³/mol. The minimum atomic E-state index is -4.49. The summed E-state index contributed by atoms with van der Waals surface area (Å²) in [5.74, 6) is -0.731. The second-order valence-corrected chi connectivity index (χ2v) is 7.53. The van der Waals surface area contributed by atoms with Crippen LogP contribution in [0.15, 0.2) is 66.9 Å². The third kappa shape index (κ3) is 4.66. The Morgan fingerprint density at radius 2 is 1.75 bits per heavy atom. The highest BCUT2D eigenvalue weighted by Crippen LogP contribution is 2.44. The number of hydrogen-bond acceptors (Lipinski definition) is 3. The number of carboxylic acids is 1. The molecule has 4 nitrogen and oxygen atoms in total. The molecule has 0 spiro atoms. The van der Waals surface area contributed by atoms with Crippen LogP contribution in [0.4, 0.5) is 13.2 Å². The van der Waals surface area contributed by atoms with Gasteiger partial charge in [-0.15, -0.1) is 0 Å². The fourth-order valence-electron chi connectivity index (χ4n) is 3.86. The van der Waals surface area contributed by atoms with Crippen molar-refractivity contribution in [2.75, 3.05) is 0 Å². The van der Waals surface area contributed by atoms with E-state index in [9.17, 15) is 23.1 Å². The van der Waals surface area contributed by atoms with E-state index in [-0.39, 0.29) is 12.2 Å². The molecule has 1 aliphatic carbocycles. The Morgan fingerprint density at radius 3 is 2.47 bits per heavy atom. The first-order valence-corrected chi connectivity index (χ1v) is 10.1. The summed E-state index contributed by atoms with van der Waals surface area (Å²) in [5, 5.41) is 9.29. The second kappa shape index (κ2) is 8.86. The molecule has 0 fully saturated rings. The number of halogens is 3. The van der Waals surface area contributed by atoms with Gasteiger partial charge in [-0.25, -0.2) is 4.79 Å². The fourth-order valence-corrected chi connectivity index (χ4v) is 3.86. The van der Waals surface area contributed by atoms with Crippen LogP contribution in [0, 0.1) is 0 Å². The third-order valence-corrected chi connectivity index (χ3v) is 5.40. The maximum absolute atomic E-state index is 13.5. The van der Waals surface area contributed by atoms with Crippen LogP contribution in [0.3, 0.4) is 0 Å². The van der Waals surface area contributed by atoms with E-state index in [1.54, 1.807) is 0 Å². The average Bonchev–Trinajstić information content (AvgIpc) is 3.27. The molecule has 1 N–H and O–H groups in total. The van der Waals surface area contributed by atoms with Crippen LogP contribution in [-0.4, -0.2) is 16.1 Å². The fraction of sp³-hybridized carbons (Fsp3) is 0.200. The number of hydrogen-bond donors (Lipinski definition) is 1. The maximum Gasteiger partial charge on any atom is 0.416 e. The van der Waals surface area contributed by atoms with E-state index in [4.69, 9.17) is 4.74 Å². The quantitative estimate of drug-likeness (QED) is 0.478. The molecule has 0 bridgehead atoms. The number of aromatic nitrogens is 1. The second-order valence-electron chi connectivity index (χ2n) is 7.53. The summed E-state index contributed by atoms with van der Waals surface area (Å²) < 4.78 is 46.3. The molecular weight excluding hydrogens is 419 g/mol. The average molecular weight is 439 g/mol. The molecule has 0 saturated carbocycles. The molecular formula is C25H20F3NO3. The first-order chi connectivity index (χ1) is 15.3. The monoisotopic (exact) mass is 439 g/mol. The van der Waals surface area contributed by atoms with Gasteiger partial charge >= 0.3 is 12.1 Å². The van der Waals surface area contributed by atoms with Crippen molar-refractivity contribution in [3.63, 3.8) is 0 Å². The number of ether oxygens (including phenoxy) is 1. The summed E-state index contributed by atoms with van der Waals surface area (Å²) in [5.41, 5.74) is 2.50. The Kier molecular flexibility index (Phi) is 5.99. The molecule has 3 aromatic rings. The number of carbonyl (C=O) groups is 1. The van der Waals surface area contributed by atoms with Gasteiger partial charge in [-0.1, -0.05) is 30.3 Å². The van der Waals surface area contributed by atoms with Crippen LogP contribution in [-0.2, 0) is 12.8 Å². The number of alkyl halides is 3. The van der Waals surface area contributed by atoms with Crippen molar-refractivity contribution in [3.05, 3.63) is 94.8 Å². The highest BCUT2D eigenvalue weighted by atomic mass is 19.4. The Bertz CT molecular complexity index is 1170. The molecule has 0 unspecified atom stereocenters. The van der Waals surface area contributed by atoms with Gasteiger partial charge in [-0.3, -0.25) is 4.98 Å². The summed E-state index contributed by atoms with van der Waals surface area (Å²) >= 11 is 0. The molecule has 2 aromatic carbocycles. The normalized spacial score (nSPS) is 14.0. The highest BCUT2D eigenvalue weighted by Gasteiger charge is 2.32. The third-order valence-electron chi connectivity index (χ3n) is 5.40. The molecule has 7 heteroatoms. The van der Waals surface area contributed by atoms with Gasteiger partial charge in [-0.2, -0.15) is 13.2 Å². The van der Waals surface area contributed by atoms with Gasteiger partial charge in [-0.05, 0) is 66.3 Å². The Morgan fingerprint density at radius 1 is 1.00 bits per heavy atom. The Labute approximate surface area is 183 Å². The molecule has 1 aromatic heterocycles. The van der Waals surface area contributed by atoms with E-state index in [1.807, 2.05) is 30.3 Å². The van der Waals surface area contributed by atoms with Gasteiger partial charge in [0.05, 0.1) is 16.8 Å². The van der Waals surface area contributed by atoms with E-state index in [0.29, 0.717) is 35.4 Å². The maximum atomic E-state index is 13.5.